The minimum atomic E-state index is -0.152. The monoisotopic (exact) mass is 372 g/mol. The number of furan rings is 1. The van der Waals surface area contributed by atoms with Crippen LogP contribution in [-0.2, 0) is 9.53 Å². The predicted octanol–water partition coefficient (Wildman–Crippen LogP) is 3.63. The Bertz CT molecular complexity index is 811. The Morgan fingerprint density at radius 3 is 2.41 bits per heavy atom. The van der Waals surface area contributed by atoms with Gasteiger partial charge in [-0.3, -0.25) is 9.59 Å². The maximum atomic E-state index is 12.8. The molecule has 2 amide bonds. The Morgan fingerprint density at radius 1 is 1.07 bits per heavy atom. The molecule has 146 valence electrons. The highest BCUT2D eigenvalue weighted by Gasteiger charge is 2.21. The average molecular weight is 372 g/mol. The number of ether oxygens (including phenoxy) is 1. The minimum absolute atomic E-state index is 0.131. The largest absolute Gasteiger partial charge is 0.466 e. The number of anilines is 1. The van der Waals surface area contributed by atoms with E-state index in [1.165, 1.54) is 5.56 Å². The summed E-state index contributed by atoms with van der Waals surface area (Å²) in [6.45, 7) is 8.73. The van der Waals surface area contributed by atoms with Crippen LogP contribution in [0.15, 0.2) is 28.7 Å². The molecule has 0 fully saturated rings. The third-order valence-corrected chi connectivity index (χ3v) is 4.52. The Morgan fingerprint density at radius 2 is 1.81 bits per heavy atom. The minimum Gasteiger partial charge on any atom is -0.466 e. The van der Waals surface area contributed by atoms with E-state index in [1.807, 2.05) is 32.0 Å². The third-order valence-electron chi connectivity index (χ3n) is 4.52. The summed E-state index contributed by atoms with van der Waals surface area (Å²) in [5.41, 5.74) is 3.59. The highest BCUT2D eigenvalue weighted by Crippen LogP contribution is 2.17. The van der Waals surface area contributed by atoms with Crippen LogP contribution in [0.5, 0.6) is 0 Å². The van der Waals surface area contributed by atoms with E-state index >= 15 is 0 Å². The zero-order valence-electron chi connectivity index (χ0n) is 16.7. The molecule has 0 atom stereocenters. The number of hydrogen-bond donors (Lipinski definition) is 1. The molecule has 6 heteroatoms. The first-order valence-electron chi connectivity index (χ1n) is 9.04. The van der Waals surface area contributed by atoms with Gasteiger partial charge >= 0.3 is 0 Å². The van der Waals surface area contributed by atoms with Crippen molar-refractivity contribution in [1.29, 1.82) is 0 Å². The van der Waals surface area contributed by atoms with Gasteiger partial charge in [-0.25, -0.2) is 0 Å². The molecule has 0 aliphatic heterocycles. The van der Waals surface area contributed by atoms with E-state index in [-0.39, 0.29) is 18.2 Å². The van der Waals surface area contributed by atoms with Crippen molar-refractivity contribution in [1.82, 2.24) is 4.90 Å². The molecular formula is C21H28N2O4. The third kappa shape index (κ3) is 5.69. The summed E-state index contributed by atoms with van der Waals surface area (Å²) < 4.78 is 10.6. The zero-order chi connectivity index (χ0) is 20.0. The van der Waals surface area contributed by atoms with Crippen molar-refractivity contribution in [3.05, 3.63) is 52.5 Å². The molecule has 0 aliphatic carbocycles. The summed E-state index contributed by atoms with van der Waals surface area (Å²) >= 11 is 0. The number of carbonyl (C=O) groups excluding carboxylic acids is 2. The molecule has 0 unspecified atom stereocenters. The first kappa shape index (κ1) is 20.7. The van der Waals surface area contributed by atoms with E-state index in [0.29, 0.717) is 36.8 Å². The molecule has 0 saturated carbocycles. The summed E-state index contributed by atoms with van der Waals surface area (Å²) in [6, 6.07) is 7.53. The van der Waals surface area contributed by atoms with Crippen LogP contribution in [0, 0.1) is 27.7 Å². The van der Waals surface area contributed by atoms with Gasteiger partial charge in [0, 0.05) is 32.3 Å². The molecule has 27 heavy (non-hydrogen) atoms. The fraction of sp³-hybridized carbons (Fsp3) is 0.429. The Kier molecular flexibility index (Phi) is 7.19. The van der Waals surface area contributed by atoms with Crippen LogP contribution >= 0.6 is 0 Å². The van der Waals surface area contributed by atoms with E-state index in [9.17, 15) is 9.59 Å². The highest BCUT2D eigenvalue weighted by atomic mass is 16.5. The standard InChI is InChI=1S/C21H28N2O4/c1-14-6-7-18(12-15(14)2)22-20(24)8-9-23(10-11-26-5)21(25)19-13-16(3)27-17(19)4/h6-7,12-13H,8-11H2,1-5H3,(H,22,24). The van der Waals surface area contributed by atoms with E-state index in [1.54, 1.807) is 31.9 Å². The number of nitrogens with zero attached hydrogens (tertiary/aromatic N) is 1. The van der Waals surface area contributed by atoms with Gasteiger partial charge in [0.15, 0.2) is 0 Å². The Hall–Kier alpha value is -2.60. The molecule has 0 bridgehead atoms. The van der Waals surface area contributed by atoms with Gasteiger partial charge in [0.2, 0.25) is 5.91 Å². The summed E-state index contributed by atoms with van der Waals surface area (Å²) in [5, 5.41) is 2.89. The van der Waals surface area contributed by atoms with E-state index < -0.39 is 0 Å². The SMILES string of the molecule is COCCN(CCC(=O)Nc1ccc(C)c(C)c1)C(=O)c1cc(C)oc1C. The highest BCUT2D eigenvalue weighted by molar-refractivity contribution is 5.96. The lowest BCUT2D eigenvalue weighted by Crippen LogP contribution is -2.36. The van der Waals surface area contributed by atoms with Crippen molar-refractivity contribution in [2.75, 3.05) is 32.1 Å². The molecule has 1 aromatic carbocycles. The molecule has 2 aromatic rings. The maximum absolute atomic E-state index is 12.8. The van der Waals surface area contributed by atoms with Gasteiger partial charge in [-0.15, -0.1) is 0 Å². The van der Waals surface area contributed by atoms with Crippen molar-refractivity contribution in [2.45, 2.75) is 34.1 Å². The maximum Gasteiger partial charge on any atom is 0.257 e. The molecular weight excluding hydrogens is 344 g/mol. The summed E-state index contributed by atoms with van der Waals surface area (Å²) in [4.78, 5) is 26.8. The van der Waals surface area contributed by atoms with Crippen LogP contribution in [0.25, 0.3) is 0 Å². The number of methoxy groups -OCH3 is 1. The fourth-order valence-electron chi connectivity index (χ4n) is 2.81. The summed E-state index contributed by atoms with van der Waals surface area (Å²) in [7, 11) is 1.59. The lowest BCUT2D eigenvalue weighted by atomic mass is 10.1. The van der Waals surface area contributed by atoms with Gasteiger partial charge in [0.25, 0.3) is 5.91 Å². The zero-order valence-corrected chi connectivity index (χ0v) is 16.7. The molecule has 1 aromatic heterocycles. The van der Waals surface area contributed by atoms with Crippen molar-refractivity contribution in [3.63, 3.8) is 0 Å². The van der Waals surface area contributed by atoms with Crippen molar-refractivity contribution in [2.24, 2.45) is 0 Å². The number of rotatable bonds is 8. The van der Waals surface area contributed by atoms with Gasteiger partial charge in [-0.05, 0) is 57.0 Å². The van der Waals surface area contributed by atoms with Crippen LogP contribution < -0.4 is 5.32 Å². The second-order valence-electron chi connectivity index (χ2n) is 6.71. The molecule has 1 heterocycles. The summed E-state index contributed by atoms with van der Waals surface area (Å²) in [5.74, 6) is 0.989. The number of amides is 2. The van der Waals surface area contributed by atoms with E-state index in [4.69, 9.17) is 9.15 Å². The predicted molar refractivity (Wildman–Crippen MR) is 105 cm³/mol. The number of carbonyl (C=O) groups is 2. The summed E-state index contributed by atoms with van der Waals surface area (Å²) in [6.07, 6.45) is 0.207. The number of nitrogens with one attached hydrogen (secondary N) is 1. The van der Waals surface area contributed by atoms with Crippen molar-refractivity contribution in [3.8, 4) is 0 Å². The van der Waals surface area contributed by atoms with Crippen molar-refractivity contribution >= 4 is 17.5 Å². The van der Waals surface area contributed by atoms with Crippen LogP contribution in [0.3, 0.4) is 0 Å². The second kappa shape index (κ2) is 9.37. The normalized spacial score (nSPS) is 10.7. The Labute approximate surface area is 160 Å². The molecule has 1 N–H and O–H groups in total. The van der Waals surface area contributed by atoms with E-state index in [2.05, 4.69) is 5.32 Å². The van der Waals surface area contributed by atoms with Gasteiger partial charge in [-0.1, -0.05) is 6.07 Å². The molecule has 2 rings (SSSR count). The Balaban J connectivity index is 2.00. The molecule has 0 spiro atoms. The topological polar surface area (TPSA) is 71.8 Å². The van der Waals surface area contributed by atoms with Crippen LogP contribution in [0.2, 0.25) is 0 Å². The van der Waals surface area contributed by atoms with Crippen LogP contribution in [-0.4, -0.2) is 43.5 Å². The molecule has 0 saturated heterocycles. The van der Waals surface area contributed by atoms with Crippen LogP contribution in [0.1, 0.15) is 39.4 Å². The quantitative estimate of drug-likeness (QED) is 0.768. The van der Waals surface area contributed by atoms with Crippen LogP contribution in [0.4, 0.5) is 5.69 Å². The fourth-order valence-corrected chi connectivity index (χ4v) is 2.81. The molecule has 0 aliphatic rings. The lowest BCUT2D eigenvalue weighted by Gasteiger charge is -2.22. The van der Waals surface area contributed by atoms with Gasteiger partial charge in [0.05, 0.1) is 12.2 Å². The van der Waals surface area contributed by atoms with Gasteiger partial charge in [-0.2, -0.15) is 0 Å². The smallest absolute Gasteiger partial charge is 0.257 e. The first-order valence-corrected chi connectivity index (χ1v) is 9.04. The number of aryl methyl sites for hydroxylation is 4. The second-order valence-corrected chi connectivity index (χ2v) is 6.71. The average Bonchev–Trinajstić information content (AvgIpc) is 2.96. The molecule has 6 nitrogen and oxygen atoms in total. The number of hydrogen-bond acceptors (Lipinski definition) is 4. The number of benzene rings is 1. The lowest BCUT2D eigenvalue weighted by molar-refractivity contribution is -0.116. The first-order chi connectivity index (χ1) is 12.8. The van der Waals surface area contributed by atoms with E-state index in [0.717, 1.165) is 11.3 Å². The van der Waals surface area contributed by atoms with Gasteiger partial charge < -0.3 is 19.4 Å². The molecule has 0 radical (unpaired) electrons. The van der Waals surface area contributed by atoms with Gasteiger partial charge in [0.1, 0.15) is 11.5 Å². The van der Waals surface area contributed by atoms with Crippen molar-refractivity contribution < 1.29 is 18.7 Å².